The second kappa shape index (κ2) is 5.98. The Hall–Kier alpha value is -1.67. The highest BCUT2D eigenvalue weighted by Crippen LogP contribution is 2.33. The molecular weight excluding hydrogens is 313 g/mol. The predicted molar refractivity (Wildman–Crippen MR) is 67.7 cm³/mol. The van der Waals surface area contributed by atoms with Crippen LogP contribution in [0.5, 0.6) is 5.75 Å². The molecule has 0 saturated heterocycles. The number of rotatable bonds is 4. The zero-order chi connectivity index (χ0) is 15.7. The molecule has 0 bridgehead atoms. The van der Waals surface area contributed by atoms with Gasteiger partial charge in [-0.25, -0.2) is 13.2 Å². The van der Waals surface area contributed by atoms with Crippen LogP contribution in [0.2, 0.25) is 0 Å². The average molecular weight is 323 g/mol. The van der Waals surface area contributed by atoms with E-state index in [2.05, 4.69) is 0 Å². The van der Waals surface area contributed by atoms with Crippen molar-refractivity contribution >= 4 is 11.3 Å². The number of thiophene rings is 1. The Morgan fingerprint density at radius 3 is 1.95 bits per heavy atom. The molecule has 0 amide bonds. The van der Waals surface area contributed by atoms with E-state index in [4.69, 9.17) is 10.5 Å². The van der Waals surface area contributed by atoms with Crippen molar-refractivity contribution in [3.63, 3.8) is 0 Å². The quantitative estimate of drug-likeness (QED) is 0.527. The minimum absolute atomic E-state index is 0.181. The van der Waals surface area contributed by atoms with Crippen molar-refractivity contribution in [3.8, 4) is 5.75 Å². The van der Waals surface area contributed by atoms with E-state index in [-0.39, 0.29) is 6.54 Å². The summed E-state index contributed by atoms with van der Waals surface area (Å²) in [6.07, 6.45) is -1.00. The normalized spacial score (nSPS) is 12.5. The molecule has 0 fully saturated rings. The lowest BCUT2D eigenvalue weighted by Crippen LogP contribution is -2.19. The van der Waals surface area contributed by atoms with E-state index in [1.54, 1.807) is 19.1 Å². The Morgan fingerprint density at radius 2 is 1.52 bits per heavy atom. The van der Waals surface area contributed by atoms with Crippen molar-refractivity contribution in [3.05, 3.63) is 51.0 Å². The molecule has 1 aromatic carbocycles. The summed E-state index contributed by atoms with van der Waals surface area (Å²) in [5.41, 5.74) is 5.44. The highest BCUT2D eigenvalue weighted by molar-refractivity contribution is 7.12. The summed E-state index contributed by atoms with van der Waals surface area (Å²) in [4.78, 5) is 1.42. The minimum atomic E-state index is -2.23. The first kappa shape index (κ1) is 15.7. The van der Waals surface area contributed by atoms with Crippen molar-refractivity contribution in [2.24, 2.45) is 5.73 Å². The Bertz CT molecular complexity index is 644. The van der Waals surface area contributed by atoms with Crippen LogP contribution in [0.25, 0.3) is 0 Å². The topological polar surface area (TPSA) is 35.2 Å². The zero-order valence-electron chi connectivity index (χ0n) is 10.7. The summed E-state index contributed by atoms with van der Waals surface area (Å²) >= 11 is 1.25. The molecule has 0 aliphatic carbocycles. The van der Waals surface area contributed by atoms with Crippen LogP contribution < -0.4 is 10.5 Å². The van der Waals surface area contributed by atoms with Crippen molar-refractivity contribution in [2.75, 3.05) is 6.54 Å². The summed E-state index contributed by atoms with van der Waals surface area (Å²) in [6.45, 7) is 1.61. The second-order valence-electron chi connectivity index (χ2n) is 4.19. The number of halogens is 5. The zero-order valence-corrected chi connectivity index (χ0v) is 11.5. The molecule has 0 spiro atoms. The molecule has 2 rings (SSSR count). The molecule has 1 aromatic heterocycles. The van der Waals surface area contributed by atoms with Gasteiger partial charge in [0.1, 0.15) is 6.10 Å². The third-order valence-electron chi connectivity index (χ3n) is 2.72. The fraction of sp³-hybridized carbons (Fsp3) is 0.231. The van der Waals surface area contributed by atoms with Gasteiger partial charge in [-0.05, 0) is 19.1 Å². The van der Waals surface area contributed by atoms with Gasteiger partial charge in [0, 0.05) is 16.3 Å². The highest BCUT2D eigenvalue weighted by Gasteiger charge is 2.29. The molecule has 8 heteroatoms. The fourth-order valence-electron chi connectivity index (χ4n) is 1.68. The largest absolute Gasteiger partial charge is 0.477 e. The SMILES string of the molecule is Cc1ccc(C(CN)Oc2c(F)c(F)c(F)c(F)c2F)s1. The lowest BCUT2D eigenvalue weighted by molar-refractivity contribution is 0.188. The number of hydrogen-bond acceptors (Lipinski definition) is 3. The lowest BCUT2D eigenvalue weighted by Gasteiger charge is -2.17. The Morgan fingerprint density at radius 1 is 1.00 bits per heavy atom. The van der Waals surface area contributed by atoms with Crippen LogP contribution >= 0.6 is 11.3 Å². The number of nitrogens with two attached hydrogens (primary N) is 1. The molecule has 114 valence electrons. The van der Waals surface area contributed by atoms with Crippen LogP contribution in [-0.2, 0) is 0 Å². The molecule has 1 unspecified atom stereocenters. The van der Waals surface area contributed by atoms with Crippen LogP contribution in [0.1, 0.15) is 15.9 Å². The minimum Gasteiger partial charge on any atom is -0.477 e. The summed E-state index contributed by atoms with van der Waals surface area (Å²) in [7, 11) is 0. The van der Waals surface area contributed by atoms with Crippen molar-refractivity contribution in [1.29, 1.82) is 0 Å². The van der Waals surface area contributed by atoms with E-state index in [1.165, 1.54) is 11.3 Å². The molecule has 2 N–H and O–H groups in total. The van der Waals surface area contributed by atoms with Gasteiger partial charge in [0.05, 0.1) is 0 Å². The fourth-order valence-corrected chi connectivity index (χ4v) is 2.60. The maximum absolute atomic E-state index is 13.5. The molecule has 0 radical (unpaired) electrons. The number of hydrogen-bond donors (Lipinski definition) is 1. The summed E-state index contributed by atoms with van der Waals surface area (Å²) in [5, 5.41) is 0. The van der Waals surface area contributed by atoms with E-state index in [9.17, 15) is 22.0 Å². The molecule has 1 atom stereocenters. The summed E-state index contributed by atoms with van der Waals surface area (Å²) in [6, 6.07) is 3.34. The molecule has 2 aromatic rings. The van der Waals surface area contributed by atoms with E-state index in [1.807, 2.05) is 0 Å². The van der Waals surface area contributed by atoms with Gasteiger partial charge in [-0.15, -0.1) is 11.3 Å². The van der Waals surface area contributed by atoms with E-state index < -0.39 is 40.9 Å². The second-order valence-corrected chi connectivity index (χ2v) is 5.51. The van der Waals surface area contributed by atoms with E-state index >= 15 is 0 Å². The van der Waals surface area contributed by atoms with Crippen molar-refractivity contribution in [1.82, 2.24) is 0 Å². The third-order valence-corrected chi connectivity index (χ3v) is 3.81. The molecule has 1 heterocycles. The van der Waals surface area contributed by atoms with Crippen LogP contribution in [-0.4, -0.2) is 6.54 Å². The van der Waals surface area contributed by atoms with Crippen LogP contribution in [0.15, 0.2) is 12.1 Å². The molecule has 0 aliphatic rings. The first-order valence-electron chi connectivity index (χ1n) is 5.81. The maximum Gasteiger partial charge on any atom is 0.207 e. The third kappa shape index (κ3) is 2.86. The van der Waals surface area contributed by atoms with Gasteiger partial charge >= 0.3 is 0 Å². The van der Waals surface area contributed by atoms with Gasteiger partial charge in [0.2, 0.25) is 29.1 Å². The monoisotopic (exact) mass is 323 g/mol. The number of ether oxygens (including phenoxy) is 1. The number of aryl methyl sites for hydroxylation is 1. The lowest BCUT2D eigenvalue weighted by atomic mass is 10.2. The van der Waals surface area contributed by atoms with Gasteiger partial charge < -0.3 is 10.5 Å². The predicted octanol–water partition coefficient (Wildman–Crippen LogP) is 3.83. The van der Waals surface area contributed by atoms with Gasteiger partial charge in [-0.3, -0.25) is 0 Å². The average Bonchev–Trinajstić information content (AvgIpc) is 2.90. The number of benzene rings is 1. The van der Waals surface area contributed by atoms with E-state index in [0.717, 1.165) is 4.88 Å². The smallest absolute Gasteiger partial charge is 0.207 e. The van der Waals surface area contributed by atoms with Crippen LogP contribution in [0.3, 0.4) is 0 Å². The molecule has 0 saturated carbocycles. The van der Waals surface area contributed by atoms with Crippen molar-refractivity contribution < 1.29 is 26.7 Å². The van der Waals surface area contributed by atoms with Gasteiger partial charge in [-0.1, -0.05) is 0 Å². The summed E-state index contributed by atoms with van der Waals surface area (Å²) < 4.78 is 71.1. The maximum atomic E-state index is 13.5. The van der Waals surface area contributed by atoms with Crippen molar-refractivity contribution in [2.45, 2.75) is 13.0 Å². The standard InChI is InChI=1S/C13H10F5NOS/c1-5-2-3-7(21-5)6(4-19)20-13-11(17)9(15)8(14)10(16)12(13)18/h2-3,6H,4,19H2,1H3. The molecule has 0 aliphatic heterocycles. The Labute approximate surface area is 121 Å². The van der Waals surface area contributed by atoms with Gasteiger partial charge in [0.15, 0.2) is 5.75 Å². The van der Waals surface area contributed by atoms with Gasteiger partial charge in [-0.2, -0.15) is 8.78 Å². The van der Waals surface area contributed by atoms with Crippen LogP contribution in [0.4, 0.5) is 22.0 Å². The molecule has 21 heavy (non-hydrogen) atoms. The molecular formula is C13H10F5NOS. The van der Waals surface area contributed by atoms with E-state index in [0.29, 0.717) is 4.88 Å². The molecule has 2 nitrogen and oxygen atoms in total. The first-order chi connectivity index (χ1) is 9.86. The van der Waals surface area contributed by atoms with Gasteiger partial charge in [0.25, 0.3) is 0 Å². The first-order valence-corrected chi connectivity index (χ1v) is 6.63. The summed E-state index contributed by atoms with van der Waals surface area (Å²) in [5.74, 6) is -11.7. The van der Waals surface area contributed by atoms with Crippen LogP contribution in [0, 0.1) is 36.0 Å². The Balaban J connectivity index is 2.43. The highest BCUT2D eigenvalue weighted by atomic mass is 32.1. The Kier molecular flexibility index (Phi) is 4.48.